The molecule has 1 N–H and O–H groups in total. The zero-order chi connectivity index (χ0) is 31.1. The molecule has 0 radical (unpaired) electrons. The minimum atomic E-state index is -3.43. The third kappa shape index (κ3) is 6.79. The lowest BCUT2D eigenvalue weighted by Gasteiger charge is -2.24. The van der Waals surface area contributed by atoms with Crippen LogP contribution in [0.1, 0.15) is 51.3 Å². The smallest absolute Gasteiger partial charge is 0.252 e. The van der Waals surface area contributed by atoms with E-state index in [4.69, 9.17) is 0 Å². The molecule has 0 atom stereocenters. The molecule has 1 heterocycles. The molecule has 9 heteroatoms. The average Bonchev–Trinajstić information content (AvgIpc) is 2.89. The standard InChI is InChI=1S/C33H36N2O5S2/c1-32(2,3)35-31(36)29(23-13-15-27(16-14-23)41(6,37)38)19-22-10-8-11-24(18-22)28-21-26(33(4,5)42(7,39)40)20-25-12-9-17-34-30(25)28/h8-21H,1-7H3,(H,35,36). The van der Waals surface area contributed by atoms with Crippen molar-refractivity contribution < 1.29 is 21.6 Å². The summed E-state index contributed by atoms with van der Waals surface area (Å²) < 4.78 is 48.3. The Hall–Kier alpha value is -3.82. The fraction of sp³-hybridized carbons (Fsp3) is 0.273. The summed E-state index contributed by atoms with van der Waals surface area (Å²) in [4.78, 5) is 18.2. The highest BCUT2D eigenvalue weighted by Gasteiger charge is 2.33. The van der Waals surface area contributed by atoms with E-state index in [1.54, 1.807) is 38.3 Å². The number of aromatic nitrogens is 1. The summed E-state index contributed by atoms with van der Waals surface area (Å²) in [5.41, 5.74) is 4.13. The van der Waals surface area contributed by atoms with Crippen LogP contribution in [0.5, 0.6) is 0 Å². The molecule has 1 aromatic heterocycles. The van der Waals surface area contributed by atoms with E-state index in [1.165, 1.54) is 18.4 Å². The second kappa shape index (κ2) is 11.1. The van der Waals surface area contributed by atoms with Gasteiger partial charge in [-0.15, -0.1) is 0 Å². The molecule has 0 unspecified atom stereocenters. The molecule has 1 amide bonds. The minimum Gasteiger partial charge on any atom is -0.347 e. The first-order chi connectivity index (χ1) is 19.4. The van der Waals surface area contributed by atoms with Gasteiger partial charge in [-0.3, -0.25) is 9.78 Å². The Morgan fingerprint density at radius 1 is 0.833 bits per heavy atom. The molecular weight excluding hydrogens is 569 g/mol. The van der Waals surface area contributed by atoms with Gasteiger partial charge in [-0.2, -0.15) is 0 Å². The van der Waals surface area contributed by atoms with Crippen LogP contribution in [0.4, 0.5) is 0 Å². The van der Waals surface area contributed by atoms with Crippen molar-refractivity contribution in [3.05, 3.63) is 95.7 Å². The fourth-order valence-electron chi connectivity index (χ4n) is 4.51. The molecule has 0 aliphatic heterocycles. The molecular formula is C33H36N2O5S2. The molecule has 0 spiro atoms. The fourth-order valence-corrected chi connectivity index (χ4v) is 5.68. The van der Waals surface area contributed by atoms with Crippen LogP contribution in [0.2, 0.25) is 0 Å². The molecule has 4 rings (SSSR count). The number of nitrogens with one attached hydrogen (secondary N) is 1. The van der Waals surface area contributed by atoms with Crippen molar-refractivity contribution in [3.63, 3.8) is 0 Å². The summed E-state index contributed by atoms with van der Waals surface area (Å²) in [7, 11) is -6.82. The summed E-state index contributed by atoms with van der Waals surface area (Å²) in [6, 6.07) is 21.3. The Morgan fingerprint density at radius 3 is 2.10 bits per heavy atom. The van der Waals surface area contributed by atoms with E-state index in [0.29, 0.717) is 16.7 Å². The van der Waals surface area contributed by atoms with Crippen LogP contribution < -0.4 is 5.32 Å². The summed E-state index contributed by atoms with van der Waals surface area (Å²) in [6.45, 7) is 9.05. The summed E-state index contributed by atoms with van der Waals surface area (Å²) in [6.07, 6.45) is 5.84. The largest absolute Gasteiger partial charge is 0.347 e. The number of sulfone groups is 2. The first-order valence-corrected chi connectivity index (χ1v) is 17.2. The van der Waals surface area contributed by atoms with Gasteiger partial charge < -0.3 is 5.32 Å². The van der Waals surface area contributed by atoms with Crippen LogP contribution in [-0.4, -0.2) is 45.8 Å². The van der Waals surface area contributed by atoms with Crippen molar-refractivity contribution in [3.8, 4) is 11.1 Å². The van der Waals surface area contributed by atoms with Gasteiger partial charge in [0.2, 0.25) is 0 Å². The highest BCUT2D eigenvalue weighted by molar-refractivity contribution is 7.91. The number of fused-ring (bicyclic) bond motifs is 1. The predicted octanol–water partition coefficient (Wildman–Crippen LogP) is 6.04. The maximum Gasteiger partial charge on any atom is 0.252 e. The monoisotopic (exact) mass is 604 g/mol. The normalized spacial score (nSPS) is 13.3. The highest BCUT2D eigenvalue weighted by Crippen LogP contribution is 2.37. The van der Waals surface area contributed by atoms with Gasteiger partial charge in [0, 0.05) is 40.8 Å². The Labute approximate surface area is 248 Å². The van der Waals surface area contributed by atoms with Crippen molar-refractivity contribution in [2.45, 2.75) is 49.8 Å². The predicted molar refractivity (Wildman–Crippen MR) is 170 cm³/mol. The SMILES string of the molecule is CC(C)(C)NC(=O)C(=Cc1cccc(-c2cc(C(C)(C)S(C)(=O)=O)cc3cccnc23)c1)c1ccc(S(C)(=O)=O)cc1. The molecule has 0 saturated carbocycles. The van der Waals surface area contributed by atoms with Crippen molar-refractivity contribution in [1.82, 2.24) is 10.3 Å². The number of hydrogen-bond donors (Lipinski definition) is 1. The number of amides is 1. The lowest BCUT2D eigenvalue weighted by Crippen LogP contribution is -2.41. The van der Waals surface area contributed by atoms with E-state index >= 15 is 0 Å². The van der Waals surface area contributed by atoms with Crippen molar-refractivity contribution in [2.24, 2.45) is 0 Å². The molecule has 42 heavy (non-hydrogen) atoms. The minimum absolute atomic E-state index is 0.167. The molecule has 7 nitrogen and oxygen atoms in total. The Morgan fingerprint density at radius 2 is 1.50 bits per heavy atom. The van der Waals surface area contributed by atoms with Gasteiger partial charge in [0.1, 0.15) is 0 Å². The molecule has 0 aliphatic carbocycles. The Balaban J connectivity index is 1.90. The Kier molecular flexibility index (Phi) is 8.23. The van der Waals surface area contributed by atoms with Crippen molar-refractivity contribution in [2.75, 3.05) is 12.5 Å². The van der Waals surface area contributed by atoms with Gasteiger partial charge in [-0.25, -0.2) is 16.8 Å². The maximum absolute atomic E-state index is 13.5. The van der Waals surface area contributed by atoms with Crippen molar-refractivity contribution >= 4 is 48.1 Å². The van der Waals surface area contributed by atoms with Crippen LogP contribution in [0.3, 0.4) is 0 Å². The summed E-state index contributed by atoms with van der Waals surface area (Å²) in [5.74, 6) is -0.302. The maximum atomic E-state index is 13.5. The zero-order valence-corrected chi connectivity index (χ0v) is 26.5. The topological polar surface area (TPSA) is 110 Å². The van der Waals surface area contributed by atoms with Gasteiger partial charge in [0.25, 0.3) is 5.91 Å². The molecule has 3 aromatic carbocycles. The molecule has 4 aromatic rings. The van der Waals surface area contributed by atoms with Gasteiger partial charge in [0.05, 0.1) is 15.2 Å². The van der Waals surface area contributed by atoms with Crippen LogP contribution in [0, 0.1) is 0 Å². The lowest BCUT2D eigenvalue weighted by atomic mass is 9.92. The Bertz CT molecular complexity index is 1920. The number of carbonyl (C=O) groups is 1. The van der Waals surface area contributed by atoms with Gasteiger partial charge in [-0.05, 0) is 99.3 Å². The number of hydrogen-bond acceptors (Lipinski definition) is 6. The van der Waals surface area contributed by atoms with E-state index in [0.717, 1.165) is 33.8 Å². The van der Waals surface area contributed by atoms with E-state index in [9.17, 15) is 21.6 Å². The van der Waals surface area contributed by atoms with E-state index in [-0.39, 0.29) is 10.8 Å². The number of carbonyl (C=O) groups excluding carboxylic acids is 1. The number of rotatable bonds is 7. The van der Waals surface area contributed by atoms with Crippen LogP contribution in [-0.2, 0) is 29.2 Å². The zero-order valence-electron chi connectivity index (χ0n) is 24.9. The van der Waals surface area contributed by atoms with Gasteiger partial charge in [0.15, 0.2) is 19.7 Å². The van der Waals surface area contributed by atoms with E-state index < -0.39 is 30.0 Å². The first-order valence-electron chi connectivity index (χ1n) is 13.4. The average molecular weight is 605 g/mol. The third-order valence-electron chi connectivity index (χ3n) is 7.16. The number of pyridine rings is 1. The molecule has 0 aliphatic rings. The highest BCUT2D eigenvalue weighted by atomic mass is 32.2. The van der Waals surface area contributed by atoms with Crippen LogP contribution in [0.15, 0.2) is 83.9 Å². The quantitative estimate of drug-likeness (QED) is 0.203. The summed E-state index contributed by atoms with van der Waals surface area (Å²) >= 11 is 0. The molecule has 0 fully saturated rings. The number of nitrogens with zero attached hydrogens (tertiary/aromatic N) is 1. The number of benzene rings is 3. The summed E-state index contributed by atoms with van der Waals surface area (Å²) in [5, 5.41) is 3.82. The van der Waals surface area contributed by atoms with Crippen LogP contribution >= 0.6 is 0 Å². The van der Waals surface area contributed by atoms with Gasteiger partial charge >= 0.3 is 0 Å². The second-order valence-electron chi connectivity index (χ2n) is 12.1. The first kappa shape index (κ1) is 31.1. The molecule has 0 bridgehead atoms. The van der Waals surface area contributed by atoms with E-state index in [1.807, 2.05) is 69.3 Å². The van der Waals surface area contributed by atoms with Gasteiger partial charge in [-0.1, -0.05) is 36.4 Å². The second-order valence-corrected chi connectivity index (χ2v) is 16.6. The molecule has 0 saturated heterocycles. The van der Waals surface area contributed by atoms with E-state index in [2.05, 4.69) is 10.3 Å². The third-order valence-corrected chi connectivity index (χ3v) is 10.4. The molecule has 220 valence electrons. The van der Waals surface area contributed by atoms with Crippen molar-refractivity contribution in [1.29, 1.82) is 0 Å². The lowest BCUT2D eigenvalue weighted by molar-refractivity contribution is -0.116. The van der Waals surface area contributed by atoms with Crippen LogP contribution in [0.25, 0.3) is 33.7 Å².